The molecule has 0 saturated heterocycles. The van der Waals surface area contributed by atoms with Crippen molar-refractivity contribution >= 4 is 22.5 Å². The Morgan fingerprint density at radius 2 is 2.03 bits per heavy atom. The zero-order valence-electron chi connectivity index (χ0n) is 15.7. The summed E-state index contributed by atoms with van der Waals surface area (Å²) in [5.74, 6) is -0.864. The van der Waals surface area contributed by atoms with Crippen LogP contribution in [0.4, 0.5) is 10.1 Å². The molecule has 2 aromatic heterocycles. The molecule has 0 fully saturated rings. The Kier molecular flexibility index (Phi) is 4.10. The molecule has 5 rings (SSSR count). The van der Waals surface area contributed by atoms with Crippen LogP contribution in [0.3, 0.4) is 0 Å². The van der Waals surface area contributed by atoms with Crippen LogP contribution in [0.1, 0.15) is 27.0 Å². The van der Waals surface area contributed by atoms with E-state index in [1.165, 1.54) is 23.9 Å². The quantitative estimate of drug-likeness (QED) is 0.497. The molecule has 1 aliphatic rings. The van der Waals surface area contributed by atoms with Gasteiger partial charge in [-0.3, -0.25) is 14.9 Å². The third kappa shape index (κ3) is 3.05. The molecule has 0 radical (unpaired) electrons. The topological polar surface area (TPSA) is 82.7 Å². The molecule has 6 nitrogen and oxygen atoms in total. The SMILES string of the molecule is Cc1cnccc1-c1cc(NC(=O)c2cc(F)cc3[nH]ncc23)cc2c1CNC2. The Hall–Kier alpha value is -3.58. The van der Waals surface area contributed by atoms with Gasteiger partial charge in [0.2, 0.25) is 0 Å². The van der Waals surface area contributed by atoms with Crippen LogP contribution < -0.4 is 10.6 Å². The van der Waals surface area contributed by atoms with Crippen LogP contribution in [-0.4, -0.2) is 21.1 Å². The van der Waals surface area contributed by atoms with Gasteiger partial charge in [0.15, 0.2) is 0 Å². The van der Waals surface area contributed by atoms with Crippen molar-refractivity contribution in [2.45, 2.75) is 20.0 Å². The number of carbonyl (C=O) groups is 1. The van der Waals surface area contributed by atoms with Crippen molar-refractivity contribution in [2.24, 2.45) is 0 Å². The van der Waals surface area contributed by atoms with E-state index in [9.17, 15) is 9.18 Å². The molecule has 29 heavy (non-hydrogen) atoms. The summed E-state index contributed by atoms with van der Waals surface area (Å²) in [6.07, 6.45) is 5.13. The van der Waals surface area contributed by atoms with E-state index < -0.39 is 5.82 Å². The molecule has 0 bridgehead atoms. The number of fused-ring (bicyclic) bond motifs is 2. The smallest absolute Gasteiger partial charge is 0.256 e. The van der Waals surface area contributed by atoms with E-state index >= 15 is 0 Å². The second-order valence-electron chi connectivity index (χ2n) is 7.19. The molecule has 0 spiro atoms. The van der Waals surface area contributed by atoms with E-state index in [2.05, 4.69) is 25.8 Å². The number of aromatic nitrogens is 3. The van der Waals surface area contributed by atoms with E-state index in [0.29, 0.717) is 16.6 Å². The van der Waals surface area contributed by atoms with Crippen molar-refractivity contribution in [1.29, 1.82) is 0 Å². The van der Waals surface area contributed by atoms with Crippen molar-refractivity contribution in [1.82, 2.24) is 20.5 Å². The van der Waals surface area contributed by atoms with Crippen LogP contribution in [0, 0.1) is 12.7 Å². The standard InChI is InChI=1S/C22H18FN5O/c1-12-8-24-3-2-16(12)17-7-15(4-13-9-25-10-19(13)17)27-22(29)18-5-14(23)6-21-20(18)11-26-28-21/h2-8,11,25H,9-10H2,1H3,(H,26,28)(H,27,29). The summed E-state index contributed by atoms with van der Waals surface area (Å²) in [5, 5.41) is 13.5. The molecule has 4 aromatic rings. The second-order valence-corrected chi connectivity index (χ2v) is 7.19. The fourth-order valence-corrected chi connectivity index (χ4v) is 3.91. The van der Waals surface area contributed by atoms with Crippen LogP contribution in [-0.2, 0) is 13.1 Å². The second kappa shape index (κ2) is 6.79. The van der Waals surface area contributed by atoms with Crippen LogP contribution >= 0.6 is 0 Å². The predicted octanol–water partition coefficient (Wildman–Crippen LogP) is 3.93. The molecule has 0 aliphatic carbocycles. The van der Waals surface area contributed by atoms with Gasteiger partial charge in [-0.1, -0.05) is 0 Å². The molecule has 0 saturated carbocycles. The van der Waals surface area contributed by atoms with E-state index in [0.717, 1.165) is 35.3 Å². The maximum absolute atomic E-state index is 13.9. The number of halogens is 1. The lowest BCUT2D eigenvalue weighted by Gasteiger charge is -2.14. The molecule has 0 unspecified atom stereocenters. The Balaban J connectivity index is 1.57. The highest BCUT2D eigenvalue weighted by Gasteiger charge is 2.20. The van der Waals surface area contributed by atoms with Crippen molar-refractivity contribution in [3.8, 4) is 11.1 Å². The number of amides is 1. The van der Waals surface area contributed by atoms with Gasteiger partial charge >= 0.3 is 0 Å². The summed E-state index contributed by atoms with van der Waals surface area (Å²) in [5.41, 5.74) is 6.98. The predicted molar refractivity (Wildman–Crippen MR) is 109 cm³/mol. The average Bonchev–Trinajstić information content (AvgIpc) is 3.36. The Morgan fingerprint density at radius 1 is 1.14 bits per heavy atom. The fraction of sp³-hybridized carbons (Fsp3) is 0.136. The van der Waals surface area contributed by atoms with Gasteiger partial charge in [-0.2, -0.15) is 5.10 Å². The molecule has 2 aromatic carbocycles. The van der Waals surface area contributed by atoms with Gasteiger partial charge in [-0.15, -0.1) is 0 Å². The number of carbonyl (C=O) groups excluding carboxylic acids is 1. The van der Waals surface area contributed by atoms with Gasteiger partial charge in [-0.25, -0.2) is 4.39 Å². The van der Waals surface area contributed by atoms with Crippen molar-refractivity contribution in [3.63, 3.8) is 0 Å². The summed E-state index contributed by atoms with van der Waals surface area (Å²) >= 11 is 0. The van der Waals surface area contributed by atoms with Crippen LogP contribution in [0.25, 0.3) is 22.0 Å². The van der Waals surface area contributed by atoms with Crippen LogP contribution in [0.2, 0.25) is 0 Å². The number of hydrogen-bond acceptors (Lipinski definition) is 4. The first kappa shape index (κ1) is 17.5. The first-order valence-corrected chi connectivity index (χ1v) is 9.31. The Morgan fingerprint density at radius 3 is 2.90 bits per heavy atom. The van der Waals surface area contributed by atoms with Gasteiger partial charge in [0.25, 0.3) is 5.91 Å². The van der Waals surface area contributed by atoms with Crippen molar-refractivity contribution < 1.29 is 9.18 Å². The number of nitrogens with zero attached hydrogens (tertiary/aromatic N) is 2. The number of hydrogen-bond donors (Lipinski definition) is 3. The molecule has 7 heteroatoms. The lowest BCUT2D eigenvalue weighted by molar-refractivity contribution is 0.102. The Bertz CT molecular complexity index is 1260. The molecule has 3 heterocycles. The Labute approximate surface area is 166 Å². The summed E-state index contributed by atoms with van der Waals surface area (Å²) < 4.78 is 13.9. The fourth-order valence-electron chi connectivity index (χ4n) is 3.91. The zero-order chi connectivity index (χ0) is 20.0. The largest absolute Gasteiger partial charge is 0.322 e. The number of anilines is 1. The highest BCUT2D eigenvalue weighted by Crippen LogP contribution is 2.34. The van der Waals surface area contributed by atoms with Gasteiger partial charge in [0.05, 0.1) is 17.3 Å². The minimum absolute atomic E-state index is 0.244. The van der Waals surface area contributed by atoms with Crippen LogP contribution in [0.5, 0.6) is 0 Å². The minimum Gasteiger partial charge on any atom is -0.322 e. The maximum atomic E-state index is 13.9. The molecule has 1 aliphatic heterocycles. The number of nitrogens with one attached hydrogen (secondary N) is 3. The average molecular weight is 387 g/mol. The van der Waals surface area contributed by atoms with Gasteiger partial charge in [0, 0.05) is 36.6 Å². The number of H-pyrrole nitrogens is 1. The number of pyridine rings is 1. The van der Waals surface area contributed by atoms with E-state index in [1.54, 1.807) is 6.20 Å². The highest BCUT2D eigenvalue weighted by molar-refractivity contribution is 6.12. The maximum Gasteiger partial charge on any atom is 0.256 e. The highest BCUT2D eigenvalue weighted by atomic mass is 19.1. The van der Waals surface area contributed by atoms with Gasteiger partial charge < -0.3 is 10.6 Å². The number of benzene rings is 2. The zero-order valence-corrected chi connectivity index (χ0v) is 15.7. The number of rotatable bonds is 3. The van der Waals surface area contributed by atoms with E-state index in [1.807, 2.05) is 31.3 Å². The summed E-state index contributed by atoms with van der Waals surface area (Å²) in [4.78, 5) is 17.1. The summed E-state index contributed by atoms with van der Waals surface area (Å²) in [6, 6.07) is 8.48. The molecule has 1 amide bonds. The molecule has 3 N–H and O–H groups in total. The third-order valence-corrected chi connectivity index (χ3v) is 5.30. The summed E-state index contributed by atoms with van der Waals surface area (Å²) in [7, 11) is 0. The van der Waals surface area contributed by atoms with Crippen molar-refractivity contribution in [3.05, 3.63) is 77.0 Å². The lowest BCUT2D eigenvalue weighted by atomic mass is 9.94. The first-order chi connectivity index (χ1) is 14.1. The van der Waals surface area contributed by atoms with Gasteiger partial charge in [-0.05, 0) is 65.1 Å². The molecule has 144 valence electrons. The minimum atomic E-state index is -0.488. The number of aromatic amines is 1. The van der Waals surface area contributed by atoms with E-state index in [4.69, 9.17) is 0 Å². The lowest BCUT2D eigenvalue weighted by Crippen LogP contribution is -2.13. The molecule has 0 atom stereocenters. The number of aryl methyl sites for hydroxylation is 1. The van der Waals surface area contributed by atoms with Gasteiger partial charge in [0.1, 0.15) is 5.82 Å². The summed E-state index contributed by atoms with van der Waals surface area (Å²) in [6.45, 7) is 3.53. The van der Waals surface area contributed by atoms with Crippen LogP contribution in [0.15, 0.2) is 48.9 Å². The molecular formula is C22H18FN5O. The van der Waals surface area contributed by atoms with Crippen molar-refractivity contribution in [2.75, 3.05) is 5.32 Å². The third-order valence-electron chi connectivity index (χ3n) is 5.30. The monoisotopic (exact) mass is 387 g/mol. The van der Waals surface area contributed by atoms with E-state index in [-0.39, 0.29) is 11.5 Å². The first-order valence-electron chi connectivity index (χ1n) is 9.31. The normalized spacial score (nSPS) is 12.9. The molecular weight excluding hydrogens is 369 g/mol.